The highest BCUT2D eigenvalue weighted by molar-refractivity contribution is 7.40. The van der Waals surface area contributed by atoms with E-state index >= 15 is 0 Å². The van der Waals surface area contributed by atoms with E-state index < -0.39 is 0 Å². The third-order valence-electron chi connectivity index (χ3n) is 4.54. The Morgan fingerprint density at radius 3 is 1.96 bits per heavy atom. The topological polar surface area (TPSA) is 66.3 Å². The Labute approximate surface area is 167 Å². The number of nitrogens with one attached hydrogen (secondary N) is 1. The maximum absolute atomic E-state index is 12.4. The summed E-state index contributed by atoms with van der Waals surface area (Å²) in [4.78, 5) is 27.5. The van der Waals surface area contributed by atoms with E-state index in [1.165, 1.54) is 27.6 Å². The van der Waals surface area contributed by atoms with E-state index in [-0.39, 0.29) is 11.9 Å². The summed E-state index contributed by atoms with van der Waals surface area (Å²) < 4.78 is 17.0. The van der Waals surface area contributed by atoms with Crippen molar-refractivity contribution in [2.24, 2.45) is 0 Å². The van der Waals surface area contributed by atoms with Gasteiger partial charge in [-0.1, -0.05) is 0 Å². The molecule has 1 N–H and O–H groups in total. The quantitative estimate of drug-likeness (QED) is 0.507. The molecule has 6 nitrogen and oxygen atoms in total. The average Bonchev–Trinajstić information content (AvgIpc) is 3.20. The lowest BCUT2D eigenvalue weighted by Crippen LogP contribution is -3.10. The predicted molar refractivity (Wildman–Crippen MR) is 106 cm³/mol. The molecule has 27 heavy (non-hydrogen) atoms. The summed E-state index contributed by atoms with van der Waals surface area (Å²) in [5.41, 5.74) is 2.04. The Kier molecular flexibility index (Phi) is 6.86. The molecule has 2 aromatic heterocycles. The van der Waals surface area contributed by atoms with Gasteiger partial charge in [-0.2, -0.15) is 0 Å². The van der Waals surface area contributed by atoms with Crippen LogP contribution >= 0.6 is 22.7 Å². The molecule has 1 aliphatic heterocycles. The zero-order chi connectivity index (χ0) is 19.4. The molecule has 0 amide bonds. The maximum atomic E-state index is 12.4. The Hall–Kier alpha value is -1.48. The van der Waals surface area contributed by atoms with Crippen molar-refractivity contribution in [3.63, 3.8) is 0 Å². The van der Waals surface area contributed by atoms with Gasteiger partial charge in [-0.25, -0.2) is 9.59 Å². The lowest BCUT2D eigenvalue weighted by Gasteiger charge is -2.24. The van der Waals surface area contributed by atoms with Crippen molar-refractivity contribution in [1.29, 1.82) is 0 Å². The number of thiophene rings is 2. The molecule has 2 aromatic rings. The van der Waals surface area contributed by atoms with Crippen LogP contribution in [-0.2, 0) is 27.3 Å². The number of quaternary nitrogens is 1. The molecular weight excluding hydrogens is 386 g/mol. The van der Waals surface area contributed by atoms with Gasteiger partial charge in [0.2, 0.25) is 0 Å². The van der Waals surface area contributed by atoms with Gasteiger partial charge in [-0.3, -0.25) is 0 Å². The zero-order valence-corrected chi connectivity index (χ0v) is 17.6. The van der Waals surface area contributed by atoms with Crippen LogP contribution in [0.5, 0.6) is 0 Å². The SMILES string of the molecule is CCOCCC[NH+]1Cc2c(C(=O)OCC)sc3sc(C(=O)OCC)c(c23)C1. The fourth-order valence-corrected chi connectivity index (χ4v) is 6.07. The van der Waals surface area contributed by atoms with Gasteiger partial charge in [0.1, 0.15) is 22.8 Å². The first-order valence-electron chi connectivity index (χ1n) is 9.43. The number of carbonyl (C=O) groups excluding carboxylic acids is 2. The second-order valence-electron chi connectivity index (χ2n) is 6.33. The summed E-state index contributed by atoms with van der Waals surface area (Å²) in [5, 5.41) is 1.07. The first-order valence-corrected chi connectivity index (χ1v) is 11.1. The highest BCUT2D eigenvalue weighted by Gasteiger charge is 2.34. The molecule has 0 aromatic carbocycles. The minimum Gasteiger partial charge on any atom is -0.462 e. The Balaban J connectivity index is 1.94. The normalized spacial score (nSPS) is 13.9. The lowest BCUT2D eigenvalue weighted by atomic mass is 10.0. The zero-order valence-electron chi connectivity index (χ0n) is 16.0. The number of hydrogen-bond acceptors (Lipinski definition) is 7. The molecular formula is C19H26NO5S2+. The van der Waals surface area contributed by atoms with E-state index in [4.69, 9.17) is 14.2 Å². The van der Waals surface area contributed by atoms with Gasteiger partial charge in [0.05, 0.1) is 30.4 Å². The predicted octanol–water partition coefficient (Wildman–Crippen LogP) is 2.64. The first-order chi connectivity index (χ1) is 13.1. The summed E-state index contributed by atoms with van der Waals surface area (Å²) in [5.74, 6) is -0.528. The summed E-state index contributed by atoms with van der Waals surface area (Å²) in [6, 6.07) is 0. The van der Waals surface area contributed by atoms with Gasteiger partial charge in [0.25, 0.3) is 0 Å². The molecule has 0 spiro atoms. The Morgan fingerprint density at radius 2 is 1.48 bits per heavy atom. The third-order valence-corrected chi connectivity index (χ3v) is 7.06. The number of hydrogen-bond donors (Lipinski definition) is 1. The van der Waals surface area contributed by atoms with Crippen LogP contribution in [0.25, 0.3) is 9.40 Å². The molecule has 0 saturated heterocycles. The van der Waals surface area contributed by atoms with E-state index in [1.54, 1.807) is 0 Å². The van der Waals surface area contributed by atoms with Gasteiger partial charge < -0.3 is 19.1 Å². The second kappa shape index (κ2) is 9.14. The number of ether oxygens (including phenoxy) is 3. The number of carbonyl (C=O) groups is 2. The molecule has 3 heterocycles. The molecule has 148 valence electrons. The van der Waals surface area contributed by atoms with Gasteiger partial charge in [0.15, 0.2) is 0 Å². The van der Waals surface area contributed by atoms with E-state index in [1.807, 2.05) is 20.8 Å². The molecule has 0 bridgehead atoms. The molecule has 3 rings (SSSR count). The average molecular weight is 413 g/mol. The van der Waals surface area contributed by atoms with Gasteiger partial charge >= 0.3 is 11.9 Å². The van der Waals surface area contributed by atoms with Crippen molar-refractivity contribution >= 4 is 44.0 Å². The van der Waals surface area contributed by atoms with E-state index in [0.29, 0.717) is 23.0 Å². The van der Waals surface area contributed by atoms with Crippen molar-refractivity contribution in [3.05, 3.63) is 20.9 Å². The van der Waals surface area contributed by atoms with Crippen molar-refractivity contribution in [1.82, 2.24) is 0 Å². The molecule has 0 aliphatic carbocycles. The van der Waals surface area contributed by atoms with Crippen LogP contribution in [0.15, 0.2) is 0 Å². The van der Waals surface area contributed by atoms with Crippen LogP contribution in [0.1, 0.15) is 57.7 Å². The highest BCUT2D eigenvalue weighted by Crippen LogP contribution is 2.42. The first kappa shape index (κ1) is 20.3. The van der Waals surface area contributed by atoms with Crippen molar-refractivity contribution in [3.8, 4) is 0 Å². The van der Waals surface area contributed by atoms with Crippen molar-refractivity contribution < 1.29 is 28.7 Å². The smallest absolute Gasteiger partial charge is 0.348 e. The highest BCUT2D eigenvalue weighted by atomic mass is 32.2. The molecule has 0 atom stereocenters. The van der Waals surface area contributed by atoms with Crippen molar-refractivity contribution in [2.75, 3.05) is 33.0 Å². The fraction of sp³-hybridized carbons (Fsp3) is 0.579. The van der Waals surface area contributed by atoms with Crippen molar-refractivity contribution in [2.45, 2.75) is 40.3 Å². The molecule has 0 radical (unpaired) electrons. The Morgan fingerprint density at radius 1 is 0.926 bits per heavy atom. The number of rotatable bonds is 9. The van der Waals surface area contributed by atoms with Crippen LogP contribution in [0.3, 0.4) is 0 Å². The summed E-state index contributed by atoms with van der Waals surface area (Å²) in [6.45, 7) is 10.2. The largest absolute Gasteiger partial charge is 0.462 e. The molecule has 8 heteroatoms. The van der Waals surface area contributed by atoms with E-state index in [2.05, 4.69) is 0 Å². The standard InChI is InChI=1S/C19H25NO5S2/c1-4-23-9-7-8-20-10-12-14-13(11-20)16(18(22)25-6-3)27-19(14)26-15(12)17(21)24-5-2/h4-11H2,1-3H3/p+1. The van der Waals surface area contributed by atoms with E-state index in [0.717, 1.165) is 59.8 Å². The van der Waals surface area contributed by atoms with Crippen LogP contribution < -0.4 is 4.90 Å². The minimum atomic E-state index is -0.264. The molecule has 0 fully saturated rings. The third kappa shape index (κ3) is 4.18. The summed E-state index contributed by atoms with van der Waals surface area (Å²) in [7, 11) is 0. The van der Waals surface area contributed by atoms with Crippen LogP contribution in [0.2, 0.25) is 0 Å². The molecule has 0 saturated carbocycles. The minimum absolute atomic E-state index is 0.264. The van der Waals surface area contributed by atoms with Gasteiger partial charge in [0, 0.05) is 29.5 Å². The number of esters is 2. The summed E-state index contributed by atoms with van der Waals surface area (Å²) >= 11 is 2.88. The molecule has 1 aliphatic rings. The van der Waals surface area contributed by atoms with Gasteiger partial charge in [-0.05, 0) is 20.8 Å². The maximum Gasteiger partial charge on any atom is 0.348 e. The fourth-order valence-electron chi connectivity index (χ4n) is 3.46. The summed E-state index contributed by atoms with van der Waals surface area (Å²) in [6.07, 6.45) is 0.944. The van der Waals surface area contributed by atoms with Crippen LogP contribution in [0, 0.1) is 0 Å². The van der Waals surface area contributed by atoms with Crippen LogP contribution in [-0.4, -0.2) is 44.9 Å². The Bertz CT molecular complexity index is 768. The lowest BCUT2D eigenvalue weighted by molar-refractivity contribution is -0.928. The van der Waals surface area contributed by atoms with Gasteiger partial charge in [-0.15, -0.1) is 22.7 Å². The van der Waals surface area contributed by atoms with E-state index in [9.17, 15) is 9.59 Å². The second-order valence-corrected chi connectivity index (χ2v) is 8.63. The van der Waals surface area contributed by atoms with Crippen LogP contribution in [0.4, 0.5) is 0 Å². The molecule has 0 unspecified atom stereocenters. The monoisotopic (exact) mass is 412 g/mol.